The molecule has 116 valence electrons. The normalized spacial score (nSPS) is 11.5. The summed E-state index contributed by atoms with van der Waals surface area (Å²) in [6.07, 6.45) is -3.70. The van der Waals surface area contributed by atoms with Gasteiger partial charge in [-0.15, -0.1) is 0 Å². The number of alkyl halides is 3. The minimum absolute atomic E-state index is 0.0610. The molecule has 0 unspecified atom stereocenters. The van der Waals surface area contributed by atoms with Crippen LogP contribution in [0.5, 0.6) is 0 Å². The minimum Gasteiger partial charge on any atom is -0.299 e. The number of rotatable bonds is 4. The molecular formula is C16H13F4NO. The second kappa shape index (κ2) is 6.25. The van der Waals surface area contributed by atoms with E-state index in [2.05, 4.69) is 4.98 Å². The van der Waals surface area contributed by atoms with Gasteiger partial charge in [-0.1, -0.05) is 12.1 Å². The zero-order valence-corrected chi connectivity index (χ0v) is 11.7. The van der Waals surface area contributed by atoms with Crippen molar-refractivity contribution in [3.63, 3.8) is 0 Å². The second-order valence-electron chi connectivity index (χ2n) is 5.01. The number of hydrogen-bond acceptors (Lipinski definition) is 2. The summed E-state index contributed by atoms with van der Waals surface area (Å²) < 4.78 is 50.3. The maximum absolute atomic E-state index is 13.1. The number of carbonyl (C=O) groups excluding carboxylic acids is 1. The van der Waals surface area contributed by atoms with Crippen LogP contribution in [0.4, 0.5) is 17.6 Å². The van der Waals surface area contributed by atoms with Gasteiger partial charge in [0.25, 0.3) is 0 Å². The number of pyridine rings is 1. The zero-order chi connectivity index (χ0) is 16.3. The number of halogens is 4. The van der Waals surface area contributed by atoms with Crippen molar-refractivity contribution in [2.75, 3.05) is 0 Å². The van der Waals surface area contributed by atoms with E-state index < -0.39 is 11.7 Å². The lowest BCUT2D eigenvalue weighted by molar-refractivity contribution is -0.137. The molecule has 2 nitrogen and oxygen atoms in total. The molecule has 1 heterocycles. The molecule has 0 saturated heterocycles. The van der Waals surface area contributed by atoms with Gasteiger partial charge in [0.05, 0.1) is 5.56 Å². The van der Waals surface area contributed by atoms with E-state index in [1.807, 2.05) is 0 Å². The SMILES string of the molecule is Cc1cc(CC(=O)Cc2ccc(C(F)(F)F)cn2)ccc1F. The largest absolute Gasteiger partial charge is 0.417 e. The van der Waals surface area contributed by atoms with Gasteiger partial charge in [0, 0.05) is 24.7 Å². The molecule has 0 radical (unpaired) electrons. The van der Waals surface area contributed by atoms with E-state index in [9.17, 15) is 22.4 Å². The Labute approximate surface area is 124 Å². The molecule has 2 rings (SSSR count). The van der Waals surface area contributed by atoms with Gasteiger partial charge in [-0.2, -0.15) is 13.2 Å². The van der Waals surface area contributed by atoms with Gasteiger partial charge in [0.1, 0.15) is 11.6 Å². The van der Waals surface area contributed by atoms with Crippen molar-refractivity contribution in [1.82, 2.24) is 4.98 Å². The van der Waals surface area contributed by atoms with Crippen LogP contribution in [0.25, 0.3) is 0 Å². The van der Waals surface area contributed by atoms with E-state index in [0.29, 0.717) is 17.3 Å². The summed E-state index contributed by atoms with van der Waals surface area (Å²) in [5.74, 6) is -0.543. The van der Waals surface area contributed by atoms with Gasteiger partial charge in [-0.05, 0) is 36.2 Å². The highest BCUT2D eigenvalue weighted by Gasteiger charge is 2.30. The number of benzene rings is 1. The van der Waals surface area contributed by atoms with Crippen LogP contribution in [0.2, 0.25) is 0 Å². The van der Waals surface area contributed by atoms with Crippen LogP contribution in [0.15, 0.2) is 36.5 Å². The first-order chi connectivity index (χ1) is 10.3. The van der Waals surface area contributed by atoms with Gasteiger partial charge in [0.2, 0.25) is 0 Å². The average Bonchev–Trinajstić information content (AvgIpc) is 2.42. The van der Waals surface area contributed by atoms with Gasteiger partial charge in [0.15, 0.2) is 0 Å². The smallest absolute Gasteiger partial charge is 0.299 e. The van der Waals surface area contributed by atoms with E-state index in [4.69, 9.17) is 0 Å². The molecule has 0 bridgehead atoms. The summed E-state index contributed by atoms with van der Waals surface area (Å²) in [6.45, 7) is 1.60. The lowest BCUT2D eigenvalue weighted by Gasteiger charge is -2.07. The number of aryl methyl sites for hydroxylation is 1. The van der Waals surface area contributed by atoms with Gasteiger partial charge in [-0.3, -0.25) is 9.78 Å². The predicted octanol–water partition coefficient (Wildman–Crippen LogP) is 3.90. The number of nitrogens with zero attached hydrogens (tertiary/aromatic N) is 1. The molecule has 0 aliphatic heterocycles. The van der Waals surface area contributed by atoms with E-state index in [-0.39, 0.29) is 30.1 Å². The summed E-state index contributed by atoms with van der Waals surface area (Å²) in [4.78, 5) is 15.6. The third-order valence-electron chi connectivity index (χ3n) is 3.15. The third-order valence-corrected chi connectivity index (χ3v) is 3.15. The number of Topliss-reactive ketones (excluding diaryl/α,β-unsaturated/α-hetero) is 1. The molecule has 1 aromatic carbocycles. The molecule has 0 spiro atoms. The Morgan fingerprint density at radius 3 is 2.41 bits per heavy atom. The number of aromatic nitrogens is 1. The van der Waals surface area contributed by atoms with E-state index in [1.54, 1.807) is 13.0 Å². The Kier molecular flexibility index (Phi) is 4.59. The van der Waals surface area contributed by atoms with Crippen molar-refractivity contribution in [2.24, 2.45) is 0 Å². The molecule has 0 N–H and O–H groups in total. The molecule has 2 aromatic rings. The minimum atomic E-state index is -4.44. The third kappa shape index (κ3) is 4.13. The first-order valence-corrected chi connectivity index (χ1v) is 6.54. The summed E-state index contributed by atoms with van der Waals surface area (Å²) in [6, 6.07) is 6.47. The van der Waals surface area contributed by atoms with Crippen LogP contribution < -0.4 is 0 Å². The molecule has 0 saturated carbocycles. The summed E-state index contributed by atoms with van der Waals surface area (Å²) in [5, 5.41) is 0. The van der Waals surface area contributed by atoms with Gasteiger partial charge in [-0.25, -0.2) is 4.39 Å². The first-order valence-electron chi connectivity index (χ1n) is 6.54. The monoisotopic (exact) mass is 311 g/mol. The fourth-order valence-corrected chi connectivity index (χ4v) is 2.01. The quantitative estimate of drug-likeness (QED) is 0.802. The van der Waals surface area contributed by atoms with Crippen molar-refractivity contribution in [1.29, 1.82) is 0 Å². The predicted molar refractivity (Wildman–Crippen MR) is 72.8 cm³/mol. The van der Waals surface area contributed by atoms with Crippen LogP contribution >= 0.6 is 0 Å². The van der Waals surface area contributed by atoms with E-state index >= 15 is 0 Å². The zero-order valence-electron chi connectivity index (χ0n) is 11.7. The number of ketones is 1. The maximum Gasteiger partial charge on any atom is 0.417 e. The molecule has 0 atom stereocenters. The standard InChI is InChI=1S/C16H13F4NO/c1-10-6-11(2-5-15(10)17)7-14(22)8-13-4-3-12(9-21-13)16(18,19)20/h2-6,9H,7-8H2,1H3. The van der Waals surface area contributed by atoms with Crippen molar-refractivity contribution < 1.29 is 22.4 Å². The van der Waals surface area contributed by atoms with Crippen LogP contribution in [-0.4, -0.2) is 10.8 Å². The van der Waals surface area contributed by atoms with E-state index in [0.717, 1.165) is 6.07 Å². The molecular weight excluding hydrogens is 298 g/mol. The molecule has 0 aliphatic carbocycles. The van der Waals surface area contributed by atoms with Crippen molar-refractivity contribution in [2.45, 2.75) is 25.9 Å². The average molecular weight is 311 g/mol. The van der Waals surface area contributed by atoms with Crippen molar-refractivity contribution in [3.8, 4) is 0 Å². The number of hydrogen-bond donors (Lipinski definition) is 0. The molecule has 0 amide bonds. The van der Waals surface area contributed by atoms with Crippen molar-refractivity contribution >= 4 is 5.78 Å². The first kappa shape index (κ1) is 16.1. The Hall–Kier alpha value is -2.24. The van der Waals surface area contributed by atoms with Gasteiger partial charge >= 0.3 is 6.18 Å². The highest BCUT2D eigenvalue weighted by Crippen LogP contribution is 2.28. The molecule has 1 aromatic heterocycles. The highest BCUT2D eigenvalue weighted by atomic mass is 19.4. The Morgan fingerprint density at radius 2 is 1.86 bits per heavy atom. The highest BCUT2D eigenvalue weighted by molar-refractivity contribution is 5.82. The summed E-state index contributed by atoms with van der Waals surface area (Å²) >= 11 is 0. The Bertz CT molecular complexity index is 678. The maximum atomic E-state index is 13.1. The Morgan fingerprint density at radius 1 is 1.14 bits per heavy atom. The van der Waals surface area contributed by atoms with Crippen LogP contribution in [0.1, 0.15) is 22.4 Å². The molecule has 22 heavy (non-hydrogen) atoms. The summed E-state index contributed by atoms with van der Waals surface area (Å²) in [7, 11) is 0. The van der Waals surface area contributed by atoms with Crippen LogP contribution in [0, 0.1) is 12.7 Å². The molecule has 0 fully saturated rings. The molecule has 6 heteroatoms. The Balaban J connectivity index is 2.01. The van der Waals surface area contributed by atoms with E-state index in [1.165, 1.54) is 18.2 Å². The topological polar surface area (TPSA) is 30.0 Å². The fraction of sp³-hybridized carbons (Fsp3) is 0.250. The lowest BCUT2D eigenvalue weighted by Crippen LogP contribution is -2.10. The fourth-order valence-electron chi connectivity index (χ4n) is 2.01. The lowest BCUT2D eigenvalue weighted by atomic mass is 10.0. The van der Waals surface area contributed by atoms with Crippen molar-refractivity contribution in [3.05, 3.63) is 64.7 Å². The van der Waals surface area contributed by atoms with Gasteiger partial charge < -0.3 is 0 Å². The molecule has 0 aliphatic rings. The summed E-state index contributed by atoms with van der Waals surface area (Å²) in [5.41, 5.74) is 0.531. The van der Waals surface area contributed by atoms with Crippen LogP contribution in [0.3, 0.4) is 0 Å². The number of carbonyl (C=O) groups is 1. The van der Waals surface area contributed by atoms with Crippen LogP contribution in [-0.2, 0) is 23.8 Å². The second-order valence-corrected chi connectivity index (χ2v) is 5.01.